The van der Waals surface area contributed by atoms with Crippen molar-refractivity contribution < 1.29 is 19.5 Å². The van der Waals surface area contributed by atoms with Gasteiger partial charge in [-0.25, -0.2) is 0 Å². The molecule has 0 bridgehead atoms. The van der Waals surface area contributed by atoms with Gasteiger partial charge >= 0.3 is 0 Å². The van der Waals surface area contributed by atoms with Gasteiger partial charge in [0.2, 0.25) is 17.7 Å². The van der Waals surface area contributed by atoms with Crippen LogP contribution < -0.4 is 16.4 Å². The molecule has 10 heteroatoms. The molecule has 5 N–H and O–H groups in total. The van der Waals surface area contributed by atoms with Crippen LogP contribution in [0.25, 0.3) is 0 Å². The number of nitrogens with one attached hydrogen (secondary N) is 2. The third kappa shape index (κ3) is 7.57. The van der Waals surface area contributed by atoms with E-state index >= 15 is 0 Å². The summed E-state index contributed by atoms with van der Waals surface area (Å²) in [4.78, 5) is 42.2. The number of likely N-dealkylation sites (tertiary alicyclic amines) is 1. The highest BCUT2D eigenvalue weighted by molar-refractivity contribution is 6.30. The number of carbonyl (C=O) groups is 3. The minimum absolute atomic E-state index is 0.0883. The molecule has 0 unspecified atom stereocenters. The molecule has 228 valence electrons. The van der Waals surface area contributed by atoms with E-state index in [1.54, 1.807) is 38.1 Å². The van der Waals surface area contributed by atoms with Gasteiger partial charge in [0, 0.05) is 22.5 Å². The third-order valence-electron chi connectivity index (χ3n) is 7.86. The molecule has 4 rings (SSSR count). The standard InChI is InChI=1S/C33H38Cl2N4O4/c1-18(2)27(37-31(41)20(4)36)33(43)39-17-26(21-7-5-19(3)6-8-21)30(40)29(39)32(42)38-28(22-9-13-24(34)14-10-22)23-11-15-25(35)16-12-23/h5-16,18,20,26-30,40H,17,36H2,1-4H3,(H,37,41)(H,38,42)/t20-,26+,27-,29-,30+/m0/s1. The molecule has 1 aliphatic heterocycles. The Labute approximate surface area is 262 Å². The minimum atomic E-state index is -1.23. The summed E-state index contributed by atoms with van der Waals surface area (Å²) in [5.74, 6) is -2.31. The Morgan fingerprint density at radius 1 is 0.860 bits per heavy atom. The van der Waals surface area contributed by atoms with Gasteiger partial charge in [-0.1, -0.05) is 91.1 Å². The lowest BCUT2D eigenvalue weighted by Crippen LogP contribution is -2.58. The van der Waals surface area contributed by atoms with Crippen LogP contribution in [-0.2, 0) is 14.4 Å². The van der Waals surface area contributed by atoms with Crippen molar-refractivity contribution in [3.8, 4) is 0 Å². The van der Waals surface area contributed by atoms with Gasteiger partial charge in [-0.15, -0.1) is 0 Å². The quantitative estimate of drug-likeness (QED) is 0.282. The van der Waals surface area contributed by atoms with Crippen molar-refractivity contribution in [2.45, 2.75) is 63.9 Å². The Kier molecular flexibility index (Phi) is 10.5. The molecule has 0 radical (unpaired) electrons. The lowest BCUT2D eigenvalue weighted by Gasteiger charge is -2.32. The number of hydrogen-bond donors (Lipinski definition) is 4. The summed E-state index contributed by atoms with van der Waals surface area (Å²) in [6, 6.07) is 18.2. The number of hydrogen-bond acceptors (Lipinski definition) is 5. The summed E-state index contributed by atoms with van der Waals surface area (Å²) in [6.07, 6.45) is -1.21. The van der Waals surface area contributed by atoms with Gasteiger partial charge in [0.25, 0.3) is 0 Å². The number of aliphatic hydroxyl groups excluding tert-OH is 1. The van der Waals surface area contributed by atoms with E-state index in [1.165, 1.54) is 11.8 Å². The number of nitrogens with two attached hydrogens (primary N) is 1. The average molecular weight is 626 g/mol. The second kappa shape index (κ2) is 13.9. The number of benzene rings is 3. The van der Waals surface area contributed by atoms with E-state index in [0.29, 0.717) is 10.0 Å². The largest absolute Gasteiger partial charge is 0.390 e. The normalized spacial score (nSPS) is 19.8. The highest BCUT2D eigenvalue weighted by Crippen LogP contribution is 2.35. The van der Waals surface area contributed by atoms with Crippen molar-refractivity contribution in [1.29, 1.82) is 0 Å². The molecule has 3 aromatic rings. The fourth-order valence-electron chi connectivity index (χ4n) is 5.35. The number of nitrogens with zero attached hydrogens (tertiary/aromatic N) is 1. The van der Waals surface area contributed by atoms with Crippen LogP contribution >= 0.6 is 23.2 Å². The van der Waals surface area contributed by atoms with Crippen molar-refractivity contribution in [1.82, 2.24) is 15.5 Å². The van der Waals surface area contributed by atoms with Crippen LogP contribution in [-0.4, -0.2) is 58.5 Å². The van der Waals surface area contributed by atoms with Crippen molar-refractivity contribution >= 4 is 40.9 Å². The maximum atomic E-state index is 14.2. The van der Waals surface area contributed by atoms with Gasteiger partial charge in [-0.2, -0.15) is 0 Å². The van der Waals surface area contributed by atoms with E-state index in [9.17, 15) is 19.5 Å². The fraction of sp³-hybridized carbons (Fsp3) is 0.364. The van der Waals surface area contributed by atoms with Gasteiger partial charge < -0.3 is 26.4 Å². The Morgan fingerprint density at radius 3 is 1.84 bits per heavy atom. The second-order valence-electron chi connectivity index (χ2n) is 11.5. The lowest BCUT2D eigenvalue weighted by molar-refractivity contribution is -0.144. The van der Waals surface area contributed by atoms with E-state index in [-0.39, 0.29) is 12.5 Å². The molecule has 0 saturated carbocycles. The van der Waals surface area contributed by atoms with Crippen molar-refractivity contribution in [2.75, 3.05) is 6.54 Å². The highest BCUT2D eigenvalue weighted by atomic mass is 35.5. The molecular weight excluding hydrogens is 587 g/mol. The molecule has 8 nitrogen and oxygen atoms in total. The minimum Gasteiger partial charge on any atom is -0.390 e. The van der Waals surface area contributed by atoms with Gasteiger partial charge in [0.05, 0.1) is 18.2 Å². The summed E-state index contributed by atoms with van der Waals surface area (Å²) < 4.78 is 0. The number of carbonyl (C=O) groups excluding carboxylic acids is 3. The van der Waals surface area contributed by atoms with Crippen LogP contribution in [0.15, 0.2) is 72.8 Å². The van der Waals surface area contributed by atoms with E-state index in [4.69, 9.17) is 28.9 Å². The van der Waals surface area contributed by atoms with E-state index in [1.807, 2.05) is 55.5 Å². The van der Waals surface area contributed by atoms with Crippen LogP contribution in [0, 0.1) is 12.8 Å². The summed E-state index contributed by atoms with van der Waals surface area (Å²) >= 11 is 12.3. The maximum absolute atomic E-state index is 14.2. The number of amides is 3. The Hall–Kier alpha value is -3.43. The van der Waals surface area contributed by atoms with Crippen LogP contribution in [0.1, 0.15) is 55.0 Å². The molecule has 5 atom stereocenters. The molecule has 0 spiro atoms. The first-order chi connectivity index (χ1) is 20.4. The summed E-state index contributed by atoms with van der Waals surface area (Å²) in [6.45, 7) is 7.20. The Bertz CT molecular complexity index is 1380. The van der Waals surface area contributed by atoms with Crippen molar-refractivity contribution in [3.05, 3.63) is 105 Å². The average Bonchev–Trinajstić information content (AvgIpc) is 3.32. The third-order valence-corrected chi connectivity index (χ3v) is 8.36. The molecule has 0 aromatic heterocycles. The molecule has 1 saturated heterocycles. The van der Waals surface area contributed by atoms with Crippen LogP contribution in [0.2, 0.25) is 10.0 Å². The Balaban J connectivity index is 1.72. The zero-order chi connectivity index (χ0) is 31.4. The first kappa shape index (κ1) is 32.5. The molecule has 1 fully saturated rings. The summed E-state index contributed by atoms with van der Waals surface area (Å²) in [5.41, 5.74) is 9.13. The molecule has 1 heterocycles. The first-order valence-corrected chi connectivity index (χ1v) is 15.0. The van der Waals surface area contributed by atoms with Crippen LogP contribution in [0.3, 0.4) is 0 Å². The zero-order valence-electron chi connectivity index (χ0n) is 24.6. The first-order valence-electron chi connectivity index (χ1n) is 14.3. The summed E-state index contributed by atoms with van der Waals surface area (Å²) in [5, 5.41) is 18.6. The van der Waals surface area contributed by atoms with Crippen molar-refractivity contribution in [3.63, 3.8) is 0 Å². The topological polar surface area (TPSA) is 125 Å². The van der Waals surface area contributed by atoms with Crippen LogP contribution in [0.4, 0.5) is 0 Å². The van der Waals surface area contributed by atoms with Crippen molar-refractivity contribution in [2.24, 2.45) is 11.7 Å². The summed E-state index contributed by atoms with van der Waals surface area (Å²) in [7, 11) is 0. The predicted octanol–water partition coefficient (Wildman–Crippen LogP) is 4.35. The van der Waals surface area contributed by atoms with Gasteiger partial charge in [0.1, 0.15) is 12.1 Å². The monoisotopic (exact) mass is 624 g/mol. The lowest BCUT2D eigenvalue weighted by atomic mass is 9.92. The van der Waals surface area contributed by atoms with E-state index in [2.05, 4.69) is 10.6 Å². The number of aryl methyl sites for hydroxylation is 1. The molecular formula is C33H38Cl2N4O4. The maximum Gasteiger partial charge on any atom is 0.246 e. The smallest absolute Gasteiger partial charge is 0.246 e. The van der Waals surface area contributed by atoms with Gasteiger partial charge in [-0.05, 0) is 60.7 Å². The van der Waals surface area contributed by atoms with Gasteiger partial charge in [-0.3, -0.25) is 14.4 Å². The predicted molar refractivity (Wildman–Crippen MR) is 169 cm³/mol. The molecule has 3 aromatic carbocycles. The Morgan fingerprint density at radius 2 is 1.37 bits per heavy atom. The number of rotatable bonds is 9. The SMILES string of the molecule is Cc1ccc([C@H]2CN(C(=O)[C@@H](NC(=O)[C@H](C)N)C(C)C)[C@H](C(=O)NC(c3ccc(Cl)cc3)c3ccc(Cl)cc3)[C@@H]2O)cc1. The molecule has 1 aliphatic rings. The fourth-order valence-corrected chi connectivity index (χ4v) is 5.60. The van der Waals surface area contributed by atoms with Gasteiger partial charge in [0.15, 0.2) is 0 Å². The van der Waals surface area contributed by atoms with Crippen LogP contribution in [0.5, 0.6) is 0 Å². The molecule has 43 heavy (non-hydrogen) atoms. The second-order valence-corrected chi connectivity index (χ2v) is 12.4. The van der Waals surface area contributed by atoms with E-state index < -0.39 is 53.9 Å². The highest BCUT2D eigenvalue weighted by Gasteiger charge is 2.49. The van der Waals surface area contributed by atoms with E-state index in [0.717, 1.165) is 22.3 Å². The molecule has 0 aliphatic carbocycles. The molecule has 3 amide bonds. The zero-order valence-corrected chi connectivity index (χ0v) is 26.1. The number of aliphatic hydroxyl groups is 1. The number of halogens is 2.